The summed E-state index contributed by atoms with van der Waals surface area (Å²) in [5, 5.41) is 22.2. The number of phenols is 1. The molecule has 0 radical (unpaired) electrons. The normalized spacial score (nSPS) is 12.1. The quantitative estimate of drug-likeness (QED) is 0.599. The number of phenolic OH excluding ortho intramolecular Hbond substituents is 1. The molecule has 0 saturated carbocycles. The van der Waals surface area contributed by atoms with Gasteiger partial charge in [-0.3, -0.25) is 14.3 Å². The zero-order chi connectivity index (χ0) is 18.4. The number of ether oxygens (including phenoxy) is 2. The molecule has 8 heteroatoms. The molecule has 0 saturated heterocycles. The lowest BCUT2D eigenvalue weighted by Gasteiger charge is -2.05. The predicted molar refractivity (Wildman–Crippen MR) is 95.2 cm³/mol. The Labute approximate surface area is 147 Å². The molecule has 0 amide bonds. The van der Waals surface area contributed by atoms with Crippen LogP contribution in [0.25, 0.3) is 6.08 Å². The predicted octanol–water partition coefficient (Wildman–Crippen LogP) is 3.24. The molecule has 0 spiro atoms. The van der Waals surface area contributed by atoms with E-state index >= 15 is 0 Å². The van der Waals surface area contributed by atoms with Gasteiger partial charge in [0.2, 0.25) is 5.75 Å². The van der Waals surface area contributed by atoms with Gasteiger partial charge in [0.1, 0.15) is 5.75 Å². The van der Waals surface area contributed by atoms with Crippen LogP contribution in [0.15, 0.2) is 41.8 Å². The Bertz CT molecular complexity index is 817. The minimum atomic E-state index is -1.31. The SMILES string of the molecule is COc1ccc(CS(=O)C=Cc2cc(OC)c(O)c([N+](=O)[O-])c2)cc1. The summed E-state index contributed by atoms with van der Waals surface area (Å²) in [5.41, 5.74) is 0.808. The van der Waals surface area contributed by atoms with Crippen molar-refractivity contribution < 1.29 is 23.7 Å². The lowest BCUT2D eigenvalue weighted by Crippen LogP contribution is -1.94. The van der Waals surface area contributed by atoms with Gasteiger partial charge in [-0.05, 0) is 35.4 Å². The van der Waals surface area contributed by atoms with Gasteiger partial charge in [0, 0.05) is 11.5 Å². The Balaban J connectivity index is 2.15. The highest BCUT2D eigenvalue weighted by Crippen LogP contribution is 2.37. The van der Waals surface area contributed by atoms with Gasteiger partial charge in [-0.25, -0.2) is 0 Å². The summed E-state index contributed by atoms with van der Waals surface area (Å²) in [6, 6.07) is 9.83. The molecule has 1 atom stereocenters. The van der Waals surface area contributed by atoms with Gasteiger partial charge >= 0.3 is 5.69 Å². The number of nitrogens with zero attached hydrogens (tertiary/aromatic N) is 1. The van der Waals surface area contributed by atoms with E-state index in [1.54, 1.807) is 19.2 Å². The van der Waals surface area contributed by atoms with Crippen molar-refractivity contribution in [3.8, 4) is 17.2 Å². The summed E-state index contributed by atoms with van der Waals surface area (Å²) in [6.07, 6.45) is 1.49. The molecule has 0 fully saturated rings. The average molecular weight is 363 g/mol. The molecule has 7 nitrogen and oxygen atoms in total. The molecule has 2 aromatic rings. The van der Waals surface area contributed by atoms with Crippen molar-refractivity contribution in [3.05, 3.63) is 63.0 Å². The standard InChI is InChI=1S/C17H17NO6S/c1-23-14-5-3-12(4-6-14)11-25(22)8-7-13-9-15(18(20)21)17(19)16(10-13)24-2/h3-10,19H,11H2,1-2H3. The second-order valence-corrected chi connectivity index (χ2v) is 6.35. The van der Waals surface area contributed by atoms with E-state index in [0.717, 1.165) is 5.56 Å². The minimum Gasteiger partial charge on any atom is -0.500 e. The van der Waals surface area contributed by atoms with Crippen molar-refractivity contribution in [2.45, 2.75) is 5.75 Å². The van der Waals surface area contributed by atoms with Crippen LogP contribution >= 0.6 is 0 Å². The molecule has 132 valence electrons. The van der Waals surface area contributed by atoms with Gasteiger partial charge < -0.3 is 14.6 Å². The molecule has 0 heterocycles. The molecule has 2 aromatic carbocycles. The Hall–Kier alpha value is -2.87. The van der Waals surface area contributed by atoms with Crippen LogP contribution in [0.3, 0.4) is 0 Å². The summed E-state index contributed by atoms with van der Waals surface area (Å²) in [6.45, 7) is 0. The molecule has 0 aliphatic rings. The summed E-state index contributed by atoms with van der Waals surface area (Å²) in [7, 11) is 1.56. The molecule has 1 unspecified atom stereocenters. The van der Waals surface area contributed by atoms with Gasteiger partial charge in [-0.2, -0.15) is 0 Å². The number of rotatable bonds is 7. The van der Waals surface area contributed by atoms with Crippen LogP contribution in [-0.4, -0.2) is 28.5 Å². The molecule has 0 aliphatic carbocycles. The van der Waals surface area contributed by atoms with E-state index in [2.05, 4.69) is 0 Å². The molecular formula is C17H17NO6S. The highest BCUT2D eigenvalue weighted by Gasteiger charge is 2.19. The Morgan fingerprint density at radius 3 is 2.44 bits per heavy atom. The first kappa shape index (κ1) is 18.5. The fourth-order valence-corrected chi connectivity index (χ4v) is 3.02. The third-order valence-electron chi connectivity index (χ3n) is 3.37. The molecule has 1 N–H and O–H groups in total. The van der Waals surface area contributed by atoms with Gasteiger partial charge in [-0.1, -0.05) is 12.1 Å². The first-order valence-electron chi connectivity index (χ1n) is 7.18. The van der Waals surface area contributed by atoms with E-state index in [4.69, 9.17) is 9.47 Å². The number of methoxy groups -OCH3 is 2. The highest BCUT2D eigenvalue weighted by molar-refractivity contribution is 7.87. The third-order valence-corrected chi connectivity index (χ3v) is 4.43. The highest BCUT2D eigenvalue weighted by atomic mass is 32.2. The van der Waals surface area contributed by atoms with E-state index in [0.29, 0.717) is 17.1 Å². The number of hydrogen-bond acceptors (Lipinski definition) is 6. The molecule has 0 bridgehead atoms. The number of benzene rings is 2. The van der Waals surface area contributed by atoms with Crippen molar-refractivity contribution in [2.75, 3.05) is 14.2 Å². The van der Waals surface area contributed by atoms with Crippen LogP contribution < -0.4 is 9.47 Å². The largest absolute Gasteiger partial charge is 0.500 e. The van der Waals surface area contributed by atoms with Crippen LogP contribution in [0.2, 0.25) is 0 Å². The lowest BCUT2D eigenvalue weighted by molar-refractivity contribution is -0.386. The summed E-state index contributed by atoms with van der Waals surface area (Å²) in [5.74, 6) is 0.463. The number of nitro benzene ring substituents is 1. The van der Waals surface area contributed by atoms with Crippen LogP contribution in [0.5, 0.6) is 17.2 Å². The molecule has 0 aliphatic heterocycles. The van der Waals surface area contributed by atoms with Crippen LogP contribution in [0.4, 0.5) is 5.69 Å². The van der Waals surface area contributed by atoms with Crippen LogP contribution in [0, 0.1) is 10.1 Å². The first-order chi connectivity index (χ1) is 11.9. The van der Waals surface area contributed by atoms with Crippen molar-refractivity contribution in [1.29, 1.82) is 0 Å². The van der Waals surface area contributed by atoms with Gasteiger partial charge in [0.15, 0.2) is 5.75 Å². The van der Waals surface area contributed by atoms with Gasteiger partial charge in [0.05, 0.1) is 35.7 Å². The van der Waals surface area contributed by atoms with Crippen LogP contribution in [-0.2, 0) is 16.6 Å². The lowest BCUT2D eigenvalue weighted by atomic mass is 10.1. The summed E-state index contributed by atoms with van der Waals surface area (Å²) >= 11 is 0. The first-order valence-corrected chi connectivity index (χ1v) is 8.56. The second-order valence-electron chi connectivity index (χ2n) is 5.02. The Morgan fingerprint density at radius 2 is 1.88 bits per heavy atom. The van der Waals surface area contributed by atoms with E-state index < -0.39 is 27.2 Å². The maximum Gasteiger partial charge on any atom is 0.315 e. The summed E-state index contributed by atoms with van der Waals surface area (Å²) in [4.78, 5) is 10.3. The van der Waals surface area contributed by atoms with Crippen molar-refractivity contribution in [2.24, 2.45) is 0 Å². The van der Waals surface area contributed by atoms with Crippen molar-refractivity contribution in [1.82, 2.24) is 0 Å². The zero-order valence-electron chi connectivity index (χ0n) is 13.7. The maximum absolute atomic E-state index is 12.2. The third kappa shape index (κ3) is 4.80. The molecule has 2 rings (SSSR count). The van der Waals surface area contributed by atoms with E-state index in [9.17, 15) is 19.4 Å². The van der Waals surface area contributed by atoms with E-state index in [1.165, 1.54) is 30.7 Å². The number of nitro groups is 1. The van der Waals surface area contributed by atoms with E-state index in [-0.39, 0.29) is 5.75 Å². The molecular weight excluding hydrogens is 346 g/mol. The zero-order valence-corrected chi connectivity index (χ0v) is 14.5. The van der Waals surface area contributed by atoms with E-state index in [1.807, 2.05) is 12.1 Å². The summed E-state index contributed by atoms with van der Waals surface area (Å²) < 4.78 is 22.1. The Kier molecular flexibility index (Phi) is 6.13. The molecule has 0 aromatic heterocycles. The Morgan fingerprint density at radius 1 is 1.20 bits per heavy atom. The second kappa shape index (κ2) is 8.29. The average Bonchev–Trinajstić information content (AvgIpc) is 2.61. The van der Waals surface area contributed by atoms with Gasteiger partial charge in [0.25, 0.3) is 0 Å². The fourth-order valence-electron chi connectivity index (χ4n) is 2.09. The monoisotopic (exact) mass is 363 g/mol. The minimum absolute atomic E-state index is 0.0187. The van der Waals surface area contributed by atoms with Gasteiger partial charge in [-0.15, -0.1) is 0 Å². The topological polar surface area (TPSA) is 98.9 Å². The van der Waals surface area contributed by atoms with Crippen LogP contribution in [0.1, 0.15) is 11.1 Å². The fraction of sp³-hybridized carbons (Fsp3) is 0.176. The van der Waals surface area contributed by atoms with Crippen molar-refractivity contribution in [3.63, 3.8) is 0 Å². The number of aromatic hydroxyl groups is 1. The van der Waals surface area contributed by atoms with Crippen molar-refractivity contribution >= 4 is 22.6 Å². The number of hydrogen-bond donors (Lipinski definition) is 1. The maximum atomic E-state index is 12.2. The smallest absolute Gasteiger partial charge is 0.315 e. The molecule has 25 heavy (non-hydrogen) atoms.